The van der Waals surface area contributed by atoms with Crippen molar-refractivity contribution < 1.29 is 14.1 Å². The Morgan fingerprint density at radius 3 is 2.78 bits per heavy atom. The Hall–Kier alpha value is -3.15. The predicted molar refractivity (Wildman–Crippen MR) is 95.4 cm³/mol. The third kappa shape index (κ3) is 3.07. The number of nitrogens with two attached hydrogens (primary N) is 1. The first-order valence-corrected chi connectivity index (χ1v) is 8.40. The highest BCUT2D eigenvalue weighted by atomic mass is 35.5. The van der Waals surface area contributed by atoms with Gasteiger partial charge in [-0.1, -0.05) is 28.6 Å². The Balaban J connectivity index is 1.67. The molecule has 0 aliphatic carbocycles. The predicted octanol–water partition coefficient (Wildman–Crippen LogP) is 1.90. The third-order valence-corrected chi connectivity index (χ3v) is 4.58. The first-order valence-electron chi connectivity index (χ1n) is 8.02. The van der Waals surface area contributed by atoms with Crippen LogP contribution in [0.1, 0.15) is 33.2 Å². The molecule has 2 N–H and O–H groups in total. The summed E-state index contributed by atoms with van der Waals surface area (Å²) in [4.78, 5) is 15.7. The van der Waals surface area contributed by atoms with Gasteiger partial charge in [-0.05, 0) is 26.0 Å². The van der Waals surface area contributed by atoms with Crippen molar-refractivity contribution in [2.75, 3.05) is 6.61 Å². The van der Waals surface area contributed by atoms with E-state index < -0.39 is 11.5 Å². The summed E-state index contributed by atoms with van der Waals surface area (Å²) >= 11 is 6.13. The lowest BCUT2D eigenvalue weighted by atomic mass is 10.1. The molecule has 0 saturated carbocycles. The number of halogens is 1. The maximum atomic E-state index is 11.4. The minimum Gasteiger partial charge on any atom is -0.364 e. The van der Waals surface area contributed by atoms with Crippen molar-refractivity contribution in [3.8, 4) is 17.7 Å². The van der Waals surface area contributed by atoms with E-state index in [0.717, 1.165) is 0 Å². The molecule has 3 aromatic heterocycles. The Bertz CT molecular complexity index is 1120. The molecule has 136 valence electrons. The maximum absolute atomic E-state index is 11.4. The molecule has 3 aromatic rings. The number of primary amides is 1. The standard InChI is InChI=1S/C18H14ClN5O3/c1-10-7-13(23-27-10)18(9-26-18)5-3-12-4-6-21-14(8-12)24-11(2)15(19)16(22-24)17(20)25/h4,6-8H,9H2,1-2H3,(H2,20,25)/t18-/m0/s1. The molecule has 1 atom stereocenters. The Morgan fingerprint density at radius 1 is 1.41 bits per heavy atom. The molecule has 4 rings (SSSR count). The van der Waals surface area contributed by atoms with E-state index in [1.807, 2.05) is 6.92 Å². The molecule has 1 fully saturated rings. The van der Waals surface area contributed by atoms with Gasteiger partial charge in [-0.2, -0.15) is 5.10 Å². The number of hydrogen-bond donors (Lipinski definition) is 1. The molecule has 1 amide bonds. The van der Waals surface area contributed by atoms with Crippen molar-refractivity contribution in [2.24, 2.45) is 5.73 Å². The van der Waals surface area contributed by atoms with Crippen LogP contribution in [0.25, 0.3) is 5.82 Å². The van der Waals surface area contributed by atoms with Crippen LogP contribution in [-0.4, -0.2) is 32.4 Å². The van der Waals surface area contributed by atoms with Crippen LogP contribution in [0, 0.1) is 25.7 Å². The van der Waals surface area contributed by atoms with Gasteiger partial charge in [0.1, 0.15) is 11.5 Å². The number of rotatable bonds is 3. The topological polar surface area (TPSA) is 112 Å². The molecule has 8 nitrogen and oxygen atoms in total. The van der Waals surface area contributed by atoms with Crippen molar-refractivity contribution in [3.63, 3.8) is 0 Å². The van der Waals surface area contributed by atoms with Crippen LogP contribution in [0.15, 0.2) is 28.9 Å². The lowest BCUT2D eigenvalue weighted by Crippen LogP contribution is -2.13. The number of carbonyl (C=O) groups excluding carboxylic acids is 1. The molecule has 0 spiro atoms. The van der Waals surface area contributed by atoms with E-state index in [2.05, 4.69) is 27.1 Å². The number of aryl methyl sites for hydroxylation is 1. The largest absolute Gasteiger partial charge is 0.364 e. The Kier molecular flexibility index (Phi) is 3.98. The summed E-state index contributed by atoms with van der Waals surface area (Å²) in [7, 11) is 0. The smallest absolute Gasteiger partial charge is 0.270 e. The maximum Gasteiger partial charge on any atom is 0.270 e. The summed E-state index contributed by atoms with van der Waals surface area (Å²) in [6.45, 7) is 3.99. The van der Waals surface area contributed by atoms with Crippen molar-refractivity contribution in [2.45, 2.75) is 19.4 Å². The van der Waals surface area contributed by atoms with Crippen LogP contribution in [-0.2, 0) is 10.3 Å². The second-order valence-electron chi connectivity index (χ2n) is 6.12. The summed E-state index contributed by atoms with van der Waals surface area (Å²) in [5, 5.41) is 8.33. The van der Waals surface area contributed by atoms with Gasteiger partial charge in [0.2, 0.25) is 0 Å². The van der Waals surface area contributed by atoms with Gasteiger partial charge < -0.3 is 15.0 Å². The number of aromatic nitrogens is 4. The number of nitrogens with zero attached hydrogens (tertiary/aromatic N) is 4. The van der Waals surface area contributed by atoms with Gasteiger partial charge in [-0.3, -0.25) is 4.79 Å². The van der Waals surface area contributed by atoms with E-state index in [-0.39, 0.29) is 10.7 Å². The van der Waals surface area contributed by atoms with E-state index in [1.54, 1.807) is 31.3 Å². The highest BCUT2D eigenvalue weighted by molar-refractivity contribution is 6.34. The van der Waals surface area contributed by atoms with Crippen LogP contribution in [0.3, 0.4) is 0 Å². The molecule has 27 heavy (non-hydrogen) atoms. The number of epoxide rings is 1. The van der Waals surface area contributed by atoms with Crippen LogP contribution in [0.4, 0.5) is 0 Å². The summed E-state index contributed by atoms with van der Waals surface area (Å²) in [5.41, 5.74) is 6.47. The molecule has 1 saturated heterocycles. The number of pyridine rings is 1. The van der Waals surface area contributed by atoms with E-state index >= 15 is 0 Å². The van der Waals surface area contributed by atoms with Gasteiger partial charge in [0.05, 0.1) is 17.3 Å². The first-order chi connectivity index (χ1) is 12.9. The highest BCUT2D eigenvalue weighted by Gasteiger charge is 2.48. The van der Waals surface area contributed by atoms with Gasteiger partial charge in [0, 0.05) is 17.8 Å². The molecule has 0 bridgehead atoms. The van der Waals surface area contributed by atoms with E-state index in [1.165, 1.54) is 4.68 Å². The molecule has 0 aromatic carbocycles. The van der Waals surface area contributed by atoms with E-state index in [4.69, 9.17) is 26.6 Å². The van der Waals surface area contributed by atoms with Gasteiger partial charge in [0.15, 0.2) is 17.1 Å². The average molecular weight is 384 g/mol. The van der Waals surface area contributed by atoms with Crippen molar-refractivity contribution in [3.05, 3.63) is 57.8 Å². The zero-order chi connectivity index (χ0) is 19.2. The van der Waals surface area contributed by atoms with Crippen LogP contribution in [0.5, 0.6) is 0 Å². The average Bonchev–Trinajstić information content (AvgIpc) is 3.22. The zero-order valence-electron chi connectivity index (χ0n) is 14.5. The first kappa shape index (κ1) is 17.3. The number of amides is 1. The van der Waals surface area contributed by atoms with Gasteiger partial charge in [-0.25, -0.2) is 9.67 Å². The number of hydrogen-bond acceptors (Lipinski definition) is 6. The third-order valence-electron chi connectivity index (χ3n) is 4.12. The Morgan fingerprint density at radius 2 is 2.19 bits per heavy atom. The molecular weight excluding hydrogens is 370 g/mol. The van der Waals surface area contributed by atoms with Gasteiger partial charge >= 0.3 is 0 Å². The fourth-order valence-corrected chi connectivity index (χ4v) is 2.77. The second kappa shape index (κ2) is 6.23. The normalized spacial score (nSPS) is 18.0. The van der Waals surface area contributed by atoms with Crippen LogP contribution >= 0.6 is 11.6 Å². The number of carbonyl (C=O) groups is 1. The quantitative estimate of drug-likeness (QED) is 0.546. The second-order valence-corrected chi connectivity index (χ2v) is 6.49. The summed E-state index contributed by atoms with van der Waals surface area (Å²) in [5.74, 6) is 6.63. The lowest BCUT2D eigenvalue weighted by Gasteiger charge is -2.03. The van der Waals surface area contributed by atoms with Crippen LogP contribution < -0.4 is 5.73 Å². The van der Waals surface area contributed by atoms with Crippen molar-refractivity contribution >= 4 is 17.5 Å². The van der Waals surface area contributed by atoms with E-state index in [0.29, 0.717) is 35.1 Å². The van der Waals surface area contributed by atoms with Gasteiger partial charge in [0.25, 0.3) is 5.91 Å². The minimum absolute atomic E-state index is 0.000751. The summed E-state index contributed by atoms with van der Waals surface area (Å²) < 4.78 is 12.1. The number of ether oxygens (including phenoxy) is 1. The van der Waals surface area contributed by atoms with Gasteiger partial charge in [-0.15, -0.1) is 0 Å². The lowest BCUT2D eigenvalue weighted by molar-refractivity contribution is 0.0995. The molecule has 4 heterocycles. The molecule has 1 aliphatic rings. The molecule has 9 heteroatoms. The molecule has 0 radical (unpaired) electrons. The summed E-state index contributed by atoms with van der Waals surface area (Å²) in [6.07, 6.45) is 1.60. The monoisotopic (exact) mass is 383 g/mol. The fraction of sp³-hybridized carbons (Fsp3) is 0.222. The SMILES string of the molecule is Cc1cc([C@]2(C#Cc3ccnc(-n4nc(C(N)=O)c(Cl)c4C)c3)CO2)no1. The molecule has 1 aliphatic heterocycles. The molecular formula is C18H14ClN5O3. The molecule has 0 unspecified atom stereocenters. The minimum atomic E-state index is -0.731. The van der Waals surface area contributed by atoms with Crippen molar-refractivity contribution in [1.82, 2.24) is 19.9 Å². The summed E-state index contributed by atoms with van der Waals surface area (Å²) in [6, 6.07) is 5.30. The zero-order valence-corrected chi connectivity index (χ0v) is 15.2. The van der Waals surface area contributed by atoms with E-state index in [9.17, 15) is 4.79 Å². The van der Waals surface area contributed by atoms with Crippen molar-refractivity contribution in [1.29, 1.82) is 0 Å². The fourth-order valence-electron chi connectivity index (χ4n) is 2.56. The Labute approximate surface area is 159 Å². The van der Waals surface area contributed by atoms with Crippen LogP contribution in [0.2, 0.25) is 5.02 Å². The highest BCUT2D eigenvalue weighted by Crippen LogP contribution is 2.37.